The summed E-state index contributed by atoms with van der Waals surface area (Å²) in [6.45, 7) is 11.6. The van der Waals surface area contributed by atoms with Gasteiger partial charge in [-0.15, -0.1) is 0 Å². The summed E-state index contributed by atoms with van der Waals surface area (Å²) in [7, 11) is 0. The van der Waals surface area contributed by atoms with Crippen molar-refractivity contribution < 1.29 is 18.7 Å². The van der Waals surface area contributed by atoms with Crippen LogP contribution in [0.1, 0.15) is 85.3 Å². The number of fused-ring (bicyclic) bond motifs is 2. The lowest BCUT2D eigenvalue weighted by molar-refractivity contribution is 0.0724. The van der Waals surface area contributed by atoms with Crippen LogP contribution in [0.4, 0.5) is 0 Å². The van der Waals surface area contributed by atoms with Crippen LogP contribution in [-0.4, -0.2) is 30.6 Å². The van der Waals surface area contributed by atoms with Gasteiger partial charge in [-0.05, 0) is 68.5 Å². The lowest BCUT2D eigenvalue weighted by atomic mass is 9.96. The van der Waals surface area contributed by atoms with E-state index in [9.17, 15) is 9.59 Å². The van der Waals surface area contributed by atoms with Crippen LogP contribution in [0.2, 0.25) is 0 Å². The summed E-state index contributed by atoms with van der Waals surface area (Å²) in [5.41, 5.74) is 3.40. The standard InChI is InChI=1S/C29H35NO5/c1-6-9-10-13-30-26(20-11-12-21(34-14-7-2)22(17-20)33-8-3)25-27(31)24-19(5)15-18(4)16-23(24)35-28(25)29(30)32/h11-12,15-17,26H,6-10,13-14H2,1-5H3. The molecule has 1 amide bonds. The molecule has 3 aromatic rings. The summed E-state index contributed by atoms with van der Waals surface area (Å²) in [4.78, 5) is 29.3. The third-order valence-corrected chi connectivity index (χ3v) is 6.46. The number of carbonyl (C=O) groups excluding carboxylic acids is 1. The molecule has 0 saturated heterocycles. The molecule has 2 aromatic carbocycles. The van der Waals surface area contributed by atoms with Crippen molar-refractivity contribution >= 4 is 16.9 Å². The summed E-state index contributed by atoms with van der Waals surface area (Å²) in [5.74, 6) is 1.20. The molecular formula is C29H35NO5. The average molecular weight is 478 g/mol. The van der Waals surface area contributed by atoms with Crippen LogP contribution in [0.3, 0.4) is 0 Å². The smallest absolute Gasteiger partial charge is 0.290 e. The van der Waals surface area contributed by atoms with E-state index in [0.717, 1.165) is 42.4 Å². The Hall–Kier alpha value is -3.28. The quantitative estimate of drug-likeness (QED) is 0.319. The van der Waals surface area contributed by atoms with Crippen molar-refractivity contribution in [2.24, 2.45) is 0 Å². The summed E-state index contributed by atoms with van der Waals surface area (Å²) in [6.07, 6.45) is 3.78. The lowest BCUT2D eigenvalue weighted by Gasteiger charge is -2.26. The van der Waals surface area contributed by atoms with Crippen LogP contribution in [0, 0.1) is 13.8 Å². The van der Waals surface area contributed by atoms with E-state index in [4.69, 9.17) is 13.9 Å². The van der Waals surface area contributed by atoms with Crippen molar-refractivity contribution in [2.45, 2.75) is 66.3 Å². The fraction of sp³-hybridized carbons (Fsp3) is 0.448. The Morgan fingerprint density at radius 3 is 2.46 bits per heavy atom. The number of rotatable bonds is 10. The Bertz CT molecular complexity index is 1290. The maximum atomic E-state index is 13.9. The first-order valence-corrected chi connectivity index (χ1v) is 12.7. The zero-order chi connectivity index (χ0) is 25.1. The first-order valence-electron chi connectivity index (χ1n) is 12.7. The second-order valence-corrected chi connectivity index (χ2v) is 9.22. The fourth-order valence-electron chi connectivity index (χ4n) is 4.92. The molecule has 4 rings (SSSR count). The van der Waals surface area contributed by atoms with Gasteiger partial charge in [-0.3, -0.25) is 9.59 Å². The number of unbranched alkanes of at least 4 members (excludes halogenated alkanes) is 2. The molecule has 35 heavy (non-hydrogen) atoms. The molecule has 1 aromatic heterocycles. The van der Waals surface area contributed by atoms with E-state index in [-0.39, 0.29) is 17.1 Å². The molecule has 1 atom stereocenters. The fourth-order valence-corrected chi connectivity index (χ4v) is 4.92. The minimum Gasteiger partial charge on any atom is -0.490 e. The number of hydrogen-bond donors (Lipinski definition) is 0. The van der Waals surface area contributed by atoms with Crippen LogP contribution >= 0.6 is 0 Å². The third-order valence-electron chi connectivity index (χ3n) is 6.46. The molecule has 0 spiro atoms. The Morgan fingerprint density at radius 1 is 0.943 bits per heavy atom. The highest BCUT2D eigenvalue weighted by molar-refractivity contribution is 5.99. The minimum atomic E-state index is -0.532. The van der Waals surface area contributed by atoms with Gasteiger partial charge in [-0.2, -0.15) is 0 Å². The zero-order valence-corrected chi connectivity index (χ0v) is 21.4. The highest BCUT2D eigenvalue weighted by Gasteiger charge is 2.42. The summed E-state index contributed by atoms with van der Waals surface area (Å²) >= 11 is 0. The van der Waals surface area contributed by atoms with E-state index in [0.29, 0.717) is 47.8 Å². The largest absolute Gasteiger partial charge is 0.490 e. The first-order chi connectivity index (χ1) is 16.9. The highest BCUT2D eigenvalue weighted by Crippen LogP contribution is 2.41. The Balaban J connectivity index is 1.90. The molecule has 2 heterocycles. The van der Waals surface area contributed by atoms with Gasteiger partial charge in [0.05, 0.1) is 30.2 Å². The summed E-state index contributed by atoms with van der Waals surface area (Å²) < 4.78 is 17.9. The molecule has 1 unspecified atom stereocenters. The number of amides is 1. The predicted molar refractivity (Wildman–Crippen MR) is 138 cm³/mol. The van der Waals surface area contributed by atoms with E-state index < -0.39 is 6.04 Å². The molecule has 0 N–H and O–H groups in total. The van der Waals surface area contributed by atoms with Crippen molar-refractivity contribution in [3.8, 4) is 11.5 Å². The van der Waals surface area contributed by atoms with Gasteiger partial charge >= 0.3 is 0 Å². The Morgan fingerprint density at radius 2 is 1.74 bits per heavy atom. The van der Waals surface area contributed by atoms with Crippen LogP contribution in [0.25, 0.3) is 11.0 Å². The SMILES string of the molecule is CCCCCN1C(=O)c2oc3cc(C)cc(C)c3c(=O)c2C1c1ccc(OCCC)c(OCC)c1. The first kappa shape index (κ1) is 24.8. The van der Waals surface area contributed by atoms with E-state index in [1.54, 1.807) is 4.90 Å². The normalized spacial score (nSPS) is 15.1. The highest BCUT2D eigenvalue weighted by atomic mass is 16.5. The second kappa shape index (κ2) is 10.5. The monoisotopic (exact) mass is 477 g/mol. The van der Waals surface area contributed by atoms with Gasteiger partial charge in [0.2, 0.25) is 5.76 Å². The number of aryl methyl sites for hydroxylation is 2. The van der Waals surface area contributed by atoms with Crippen LogP contribution < -0.4 is 14.9 Å². The number of ether oxygens (including phenoxy) is 2. The number of nitrogens with zero attached hydrogens (tertiary/aromatic N) is 1. The summed E-state index contributed by atoms with van der Waals surface area (Å²) in [5, 5.41) is 0.537. The number of benzene rings is 2. The van der Waals surface area contributed by atoms with E-state index in [1.165, 1.54) is 0 Å². The van der Waals surface area contributed by atoms with Gasteiger partial charge in [-0.1, -0.05) is 38.8 Å². The maximum absolute atomic E-state index is 13.9. The van der Waals surface area contributed by atoms with Crippen LogP contribution in [0.5, 0.6) is 11.5 Å². The van der Waals surface area contributed by atoms with E-state index in [1.807, 2.05) is 51.1 Å². The van der Waals surface area contributed by atoms with Gasteiger partial charge in [0, 0.05) is 6.54 Å². The molecule has 0 bridgehead atoms. The topological polar surface area (TPSA) is 69.0 Å². The molecule has 0 fully saturated rings. The lowest BCUT2D eigenvalue weighted by Crippen LogP contribution is -2.30. The van der Waals surface area contributed by atoms with Gasteiger partial charge in [0.15, 0.2) is 16.9 Å². The number of carbonyl (C=O) groups is 1. The van der Waals surface area contributed by atoms with Crippen molar-refractivity contribution in [3.63, 3.8) is 0 Å². The molecular weight excluding hydrogens is 442 g/mol. The van der Waals surface area contributed by atoms with Crippen LogP contribution in [0.15, 0.2) is 39.5 Å². The average Bonchev–Trinajstić information content (AvgIpc) is 3.10. The Labute approximate surface area is 206 Å². The van der Waals surface area contributed by atoms with Gasteiger partial charge < -0.3 is 18.8 Å². The van der Waals surface area contributed by atoms with Gasteiger partial charge in [-0.25, -0.2) is 0 Å². The molecule has 6 heteroatoms. The molecule has 0 saturated carbocycles. The second-order valence-electron chi connectivity index (χ2n) is 9.22. The molecule has 6 nitrogen and oxygen atoms in total. The summed E-state index contributed by atoms with van der Waals surface area (Å²) in [6, 6.07) is 8.98. The van der Waals surface area contributed by atoms with Crippen molar-refractivity contribution in [1.82, 2.24) is 4.90 Å². The van der Waals surface area contributed by atoms with Crippen molar-refractivity contribution in [1.29, 1.82) is 0 Å². The predicted octanol–water partition coefficient (Wildman–Crippen LogP) is 6.33. The Kier molecular flexibility index (Phi) is 7.48. The molecule has 0 aliphatic carbocycles. The molecule has 1 aliphatic rings. The maximum Gasteiger partial charge on any atom is 0.290 e. The number of hydrogen-bond acceptors (Lipinski definition) is 5. The third kappa shape index (κ3) is 4.66. The van der Waals surface area contributed by atoms with Gasteiger partial charge in [0.1, 0.15) is 5.58 Å². The van der Waals surface area contributed by atoms with Crippen LogP contribution in [-0.2, 0) is 0 Å². The molecule has 186 valence electrons. The molecule has 0 radical (unpaired) electrons. The minimum absolute atomic E-state index is 0.139. The zero-order valence-electron chi connectivity index (χ0n) is 21.4. The van der Waals surface area contributed by atoms with Crippen molar-refractivity contribution in [3.05, 3.63) is 68.6 Å². The van der Waals surface area contributed by atoms with Crippen molar-refractivity contribution in [2.75, 3.05) is 19.8 Å². The van der Waals surface area contributed by atoms with E-state index >= 15 is 0 Å². The van der Waals surface area contributed by atoms with E-state index in [2.05, 4.69) is 13.8 Å². The molecule has 1 aliphatic heterocycles. The van der Waals surface area contributed by atoms with Gasteiger partial charge in [0.25, 0.3) is 5.91 Å².